The Balaban J connectivity index is -0.000000213. The maximum atomic E-state index is 6.69. The summed E-state index contributed by atoms with van der Waals surface area (Å²) in [4.78, 5) is 0. The standard InChI is InChI=1S/C8H5.CH3.H3P.Pd/c1-2-8-6-4-3-5-7-8;;;/h3-7H;2*1H3;/q2*-1;;+2. The van der Waals surface area contributed by atoms with Crippen LogP contribution < -0.4 is 0 Å². The molecule has 0 heterocycles. The van der Waals surface area contributed by atoms with E-state index in [1.165, 1.54) is 0 Å². The topological polar surface area (TPSA) is 0 Å². The minimum Gasteiger partial charge on any atom is -0.366 e. The van der Waals surface area contributed by atoms with E-state index < -0.39 is 0 Å². The van der Waals surface area contributed by atoms with Crippen LogP contribution in [0.1, 0.15) is 5.56 Å². The maximum Gasteiger partial charge on any atom is 2.00 e. The van der Waals surface area contributed by atoms with Gasteiger partial charge in [0.05, 0.1) is 0 Å². The maximum absolute atomic E-state index is 6.69. The Morgan fingerprint density at radius 2 is 1.55 bits per heavy atom. The average Bonchev–Trinajstić information content (AvgIpc) is 1.90. The van der Waals surface area contributed by atoms with Crippen LogP contribution >= 0.6 is 9.90 Å². The van der Waals surface area contributed by atoms with Gasteiger partial charge < -0.3 is 13.9 Å². The normalized spacial score (nSPS) is 5.73. The molecule has 0 amide bonds. The molecular formula is C9H11PPd. The van der Waals surface area contributed by atoms with Crippen molar-refractivity contribution in [2.45, 2.75) is 0 Å². The molecule has 1 aromatic carbocycles. The minimum atomic E-state index is 0. The molecular weight excluding hydrogens is 245 g/mol. The molecule has 0 N–H and O–H groups in total. The molecule has 1 aromatic rings. The van der Waals surface area contributed by atoms with E-state index in [1.807, 2.05) is 30.3 Å². The van der Waals surface area contributed by atoms with Crippen LogP contribution in [0.4, 0.5) is 0 Å². The summed E-state index contributed by atoms with van der Waals surface area (Å²) in [5.74, 6) is 2.28. The van der Waals surface area contributed by atoms with Gasteiger partial charge in [0.15, 0.2) is 0 Å². The van der Waals surface area contributed by atoms with Crippen molar-refractivity contribution in [1.82, 2.24) is 0 Å². The van der Waals surface area contributed by atoms with Gasteiger partial charge in [-0.05, 0) is 0 Å². The zero-order valence-corrected chi connectivity index (χ0v) is 9.38. The fraction of sp³-hybridized carbons (Fsp3) is 0. The van der Waals surface area contributed by atoms with Crippen molar-refractivity contribution >= 4 is 9.90 Å². The summed E-state index contributed by atoms with van der Waals surface area (Å²) in [6.45, 7) is 0. The third kappa shape index (κ3) is 6.28. The third-order valence-corrected chi connectivity index (χ3v) is 0.918. The zero-order chi connectivity index (χ0) is 5.82. The number of hydrogen-bond donors (Lipinski definition) is 0. The van der Waals surface area contributed by atoms with Crippen LogP contribution in [0.3, 0.4) is 0 Å². The first-order valence-electron chi connectivity index (χ1n) is 2.41. The summed E-state index contributed by atoms with van der Waals surface area (Å²) in [7, 11) is 0. The monoisotopic (exact) mass is 256 g/mol. The third-order valence-electron chi connectivity index (χ3n) is 0.918. The molecule has 0 spiro atoms. The van der Waals surface area contributed by atoms with Crippen molar-refractivity contribution in [1.29, 1.82) is 0 Å². The summed E-state index contributed by atoms with van der Waals surface area (Å²) in [5.41, 5.74) is 0.826. The summed E-state index contributed by atoms with van der Waals surface area (Å²) in [6.07, 6.45) is 6.69. The van der Waals surface area contributed by atoms with E-state index in [2.05, 4.69) is 5.92 Å². The van der Waals surface area contributed by atoms with Crippen molar-refractivity contribution in [3.05, 3.63) is 49.7 Å². The number of benzene rings is 1. The molecule has 0 saturated carbocycles. The van der Waals surface area contributed by atoms with Crippen LogP contribution in [-0.2, 0) is 20.4 Å². The fourth-order valence-electron chi connectivity index (χ4n) is 0.521. The van der Waals surface area contributed by atoms with Gasteiger partial charge in [0.25, 0.3) is 0 Å². The average molecular weight is 257 g/mol. The number of rotatable bonds is 0. The molecule has 0 aliphatic rings. The van der Waals surface area contributed by atoms with E-state index in [0.29, 0.717) is 0 Å². The van der Waals surface area contributed by atoms with Gasteiger partial charge in [-0.1, -0.05) is 18.2 Å². The Morgan fingerprint density at radius 3 is 1.82 bits per heavy atom. The van der Waals surface area contributed by atoms with Gasteiger partial charge >= 0.3 is 20.4 Å². The van der Waals surface area contributed by atoms with E-state index in [9.17, 15) is 0 Å². The Morgan fingerprint density at radius 1 is 1.09 bits per heavy atom. The van der Waals surface area contributed by atoms with Gasteiger partial charge in [-0.15, -0.1) is 17.7 Å². The molecule has 1 unspecified atom stereocenters. The predicted octanol–water partition coefficient (Wildman–Crippen LogP) is 2.13. The van der Waals surface area contributed by atoms with Crippen molar-refractivity contribution in [3.8, 4) is 5.92 Å². The van der Waals surface area contributed by atoms with E-state index in [0.717, 1.165) is 5.56 Å². The molecule has 0 fully saturated rings. The smallest absolute Gasteiger partial charge is 0.366 e. The molecule has 2 heteroatoms. The quantitative estimate of drug-likeness (QED) is 0.289. The Bertz CT molecular complexity index is 201. The molecule has 0 nitrogen and oxygen atoms in total. The molecule has 1 atom stereocenters. The van der Waals surface area contributed by atoms with E-state index >= 15 is 0 Å². The summed E-state index contributed by atoms with van der Waals surface area (Å²) in [5, 5.41) is 0. The van der Waals surface area contributed by atoms with Crippen LogP contribution in [0.15, 0.2) is 30.3 Å². The molecule has 0 saturated heterocycles. The summed E-state index contributed by atoms with van der Waals surface area (Å²) >= 11 is 0. The molecule has 11 heavy (non-hydrogen) atoms. The van der Waals surface area contributed by atoms with Crippen LogP contribution in [0, 0.1) is 19.8 Å². The molecule has 0 aliphatic heterocycles. The summed E-state index contributed by atoms with van der Waals surface area (Å²) < 4.78 is 0. The largest absolute Gasteiger partial charge is 2.00 e. The SMILES string of the molecule is P.[C-]#Cc1ccccc1.[CH3-].[Pd+2]. The molecule has 0 radical (unpaired) electrons. The van der Waals surface area contributed by atoms with Crippen molar-refractivity contribution in [2.24, 2.45) is 0 Å². The second-order valence-corrected chi connectivity index (χ2v) is 1.49. The molecule has 62 valence electrons. The van der Waals surface area contributed by atoms with Crippen LogP contribution in [0.5, 0.6) is 0 Å². The first kappa shape index (κ1) is 17.1. The van der Waals surface area contributed by atoms with Crippen LogP contribution in [0.25, 0.3) is 0 Å². The Kier molecular flexibility index (Phi) is 15.3. The Labute approximate surface area is 86.1 Å². The van der Waals surface area contributed by atoms with Crippen molar-refractivity contribution in [2.75, 3.05) is 0 Å². The summed E-state index contributed by atoms with van der Waals surface area (Å²) in [6, 6.07) is 9.37. The van der Waals surface area contributed by atoms with Gasteiger partial charge in [0.2, 0.25) is 0 Å². The Hall–Kier alpha value is -0.128. The second kappa shape index (κ2) is 9.87. The molecule has 0 bridgehead atoms. The van der Waals surface area contributed by atoms with E-state index in [1.54, 1.807) is 0 Å². The first-order valence-corrected chi connectivity index (χ1v) is 2.41. The zero-order valence-electron chi connectivity index (χ0n) is 6.41. The van der Waals surface area contributed by atoms with Gasteiger partial charge in [0.1, 0.15) is 0 Å². The first-order chi connectivity index (χ1) is 3.93. The van der Waals surface area contributed by atoms with Gasteiger partial charge in [-0.2, -0.15) is 9.90 Å². The van der Waals surface area contributed by atoms with Crippen molar-refractivity contribution in [3.63, 3.8) is 0 Å². The fourth-order valence-corrected chi connectivity index (χ4v) is 0.521. The second-order valence-electron chi connectivity index (χ2n) is 1.49. The van der Waals surface area contributed by atoms with Gasteiger partial charge in [-0.25, -0.2) is 0 Å². The number of hydrogen-bond acceptors (Lipinski definition) is 0. The van der Waals surface area contributed by atoms with Gasteiger partial charge in [0, 0.05) is 0 Å². The minimum absolute atomic E-state index is 0. The van der Waals surface area contributed by atoms with Gasteiger partial charge in [-0.3, -0.25) is 5.92 Å². The van der Waals surface area contributed by atoms with E-state index in [-0.39, 0.29) is 37.7 Å². The molecule has 0 aliphatic carbocycles. The predicted molar refractivity (Wildman–Crippen MR) is 50.2 cm³/mol. The molecule has 0 aromatic heterocycles. The van der Waals surface area contributed by atoms with Crippen molar-refractivity contribution < 1.29 is 20.4 Å². The van der Waals surface area contributed by atoms with E-state index in [4.69, 9.17) is 6.42 Å². The van der Waals surface area contributed by atoms with Crippen LogP contribution in [-0.4, -0.2) is 0 Å². The molecule has 1 rings (SSSR count). The van der Waals surface area contributed by atoms with Crippen LogP contribution in [0.2, 0.25) is 0 Å².